The molecule has 2 heteroatoms. The molecule has 0 heterocycles. The van der Waals surface area contributed by atoms with Crippen LogP contribution >= 0.6 is 0 Å². The van der Waals surface area contributed by atoms with Gasteiger partial charge in [0.25, 0.3) is 0 Å². The Morgan fingerprint density at radius 1 is 1.00 bits per heavy atom. The molecule has 0 aliphatic heterocycles. The molecule has 1 atom stereocenters. The van der Waals surface area contributed by atoms with Crippen LogP contribution in [0.2, 0.25) is 0 Å². The first-order valence-corrected chi connectivity index (χ1v) is 5.69. The molecule has 2 nitrogen and oxygen atoms in total. The number of hydrogen-bond acceptors (Lipinski definition) is 2. The summed E-state index contributed by atoms with van der Waals surface area (Å²) in [7, 11) is 0. The van der Waals surface area contributed by atoms with Crippen LogP contribution in [0, 0.1) is 6.92 Å². The van der Waals surface area contributed by atoms with Gasteiger partial charge in [0, 0.05) is 0 Å². The van der Waals surface area contributed by atoms with Gasteiger partial charge in [-0.25, -0.2) is 0 Å². The molecule has 0 bridgehead atoms. The highest BCUT2D eigenvalue weighted by Gasteiger charge is 2.10. The predicted molar refractivity (Wildman–Crippen MR) is 68.1 cm³/mol. The van der Waals surface area contributed by atoms with Crippen molar-refractivity contribution in [3.8, 4) is 5.75 Å². The van der Waals surface area contributed by atoms with Gasteiger partial charge in [0.15, 0.2) is 0 Å². The number of hydrogen-bond donors (Lipinski definition) is 1. The van der Waals surface area contributed by atoms with E-state index in [0.717, 1.165) is 16.9 Å². The highest BCUT2D eigenvalue weighted by molar-refractivity contribution is 5.28. The van der Waals surface area contributed by atoms with Crippen molar-refractivity contribution in [2.45, 2.75) is 13.0 Å². The summed E-state index contributed by atoms with van der Waals surface area (Å²) in [6.45, 7) is 2.26. The summed E-state index contributed by atoms with van der Waals surface area (Å²) < 4.78 is 5.53. The van der Waals surface area contributed by atoms with E-state index in [0.29, 0.717) is 0 Å². The fourth-order valence-corrected chi connectivity index (χ4v) is 1.74. The normalized spacial score (nSPS) is 12.1. The van der Waals surface area contributed by atoms with E-state index in [9.17, 15) is 5.11 Å². The minimum absolute atomic E-state index is 0.273. The van der Waals surface area contributed by atoms with Crippen LogP contribution in [0.1, 0.15) is 17.2 Å². The third-order valence-corrected chi connectivity index (χ3v) is 2.70. The van der Waals surface area contributed by atoms with Crippen LogP contribution in [0.25, 0.3) is 0 Å². The molecule has 2 rings (SSSR count). The van der Waals surface area contributed by atoms with Crippen LogP contribution in [0.5, 0.6) is 5.75 Å². The Kier molecular flexibility index (Phi) is 3.78. The lowest BCUT2D eigenvalue weighted by molar-refractivity contribution is 0.107. The smallest absolute Gasteiger partial charge is 0.119 e. The second-order valence-electron chi connectivity index (χ2n) is 4.00. The summed E-state index contributed by atoms with van der Waals surface area (Å²) in [4.78, 5) is 0. The molecule has 0 saturated heterocycles. The van der Waals surface area contributed by atoms with E-state index < -0.39 is 6.10 Å². The molecule has 0 aliphatic carbocycles. The largest absolute Gasteiger partial charge is 0.491 e. The molecule has 2 aromatic carbocycles. The van der Waals surface area contributed by atoms with Crippen molar-refractivity contribution in [1.29, 1.82) is 0 Å². The summed E-state index contributed by atoms with van der Waals surface area (Å²) in [5.41, 5.74) is 2.00. The molecule has 0 aliphatic rings. The highest BCUT2D eigenvalue weighted by atomic mass is 16.5. The molecule has 0 amide bonds. The van der Waals surface area contributed by atoms with Crippen LogP contribution in [0.4, 0.5) is 0 Å². The number of rotatable bonds is 4. The number of benzene rings is 2. The van der Waals surface area contributed by atoms with Crippen molar-refractivity contribution in [2.75, 3.05) is 6.61 Å². The van der Waals surface area contributed by atoms with E-state index in [4.69, 9.17) is 4.74 Å². The van der Waals surface area contributed by atoms with E-state index in [1.165, 1.54) is 0 Å². The van der Waals surface area contributed by atoms with Gasteiger partial charge in [-0.3, -0.25) is 0 Å². The first kappa shape index (κ1) is 11.7. The lowest BCUT2D eigenvalue weighted by atomic mass is 10.0. The highest BCUT2D eigenvalue weighted by Crippen LogP contribution is 2.18. The molecule has 1 unspecified atom stereocenters. The van der Waals surface area contributed by atoms with Crippen LogP contribution in [-0.4, -0.2) is 11.7 Å². The van der Waals surface area contributed by atoms with Gasteiger partial charge in [0.1, 0.15) is 18.5 Å². The zero-order valence-electron chi connectivity index (χ0n) is 9.84. The second-order valence-corrected chi connectivity index (χ2v) is 4.00. The fourth-order valence-electron chi connectivity index (χ4n) is 1.74. The SMILES string of the molecule is Cc1ccccc1C(O)COc1ccccc1. The Balaban J connectivity index is 1.99. The monoisotopic (exact) mass is 228 g/mol. The third kappa shape index (κ3) is 3.08. The van der Waals surface area contributed by atoms with Crippen LogP contribution in [0.15, 0.2) is 54.6 Å². The van der Waals surface area contributed by atoms with Crippen molar-refractivity contribution in [1.82, 2.24) is 0 Å². The molecule has 88 valence electrons. The molecule has 2 aromatic rings. The lowest BCUT2D eigenvalue weighted by Crippen LogP contribution is -2.10. The molecular weight excluding hydrogens is 212 g/mol. The maximum absolute atomic E-state index is 10.0. The predicted octanol–water partition coefficient (Wildman–Crippen LogP) is 3.11. The second kappa shape index (κ2) is 5.51. The molecule has 0 saturated carbocycles. The standard InChI is InChI=1S/C15H16O2/c1-12-7-5-6-10-14(12)15(16)11-17-13-8-3-2-4-9-13/h2-10,15-16H,11H2,1H3. The van der Waals surface area contributed by atoms with Crippen LogP contribution < -0.4 is 4.74 Å². The van der Waals surface area contributed by atoms with E-state index >= 15 is 0 Å². The van der Waals surface area contributed by atoms with Crippen molar-refractivity contribution in [2.24, 2.45) is 0 Å². The fraction of sp³-hybridized carbons (Fsp3) is 0.200. The van der Waals surface area contributed by atoms with Crippen LogP contribution in [-0.2, 0) is 0 Å². The molecule has 0 fully saturated rings. The van der Waals surface area contributed by atoms with Crippen molar-refractivity contribution in [3.63, 3.8) is 0 Å². The molecule has 1 N–H and O–H groups in total. The maximum Gasteiger partial charge on any atom is 0.119 e. The van der Waals surface area contributed by atoms with Crippen molar-refractivity contribution >= 4 is 0 Å². The lowest BCUT2D eigenvalue weighted by Gasteiger charge is -2.14. The van der Waals surface area contributed by atoms with Crippen LogP contribution in [0.3, 0.4) is 0 Å². The van der Waals surface area contributed by atoms with E-state index in [1.54, 1.807) is 0 Å². The summed E-state index contributed by atoms with van der Waals surface area (Å²) in [6.07, 6.45) is -0.587. The van der Waals surface area contributed by atoms with Gasteiger partial charge in [-0.05, 0) is 30.2 Å². The average Bonchev–Trinajstić information content (AvgIpc) is 2.38. The Hall–Kier alpha value is -1.80. The number of aliphatic hydroxyl groups excluding tert-OH is 1. The van der Waals surface area contributed by atoms with Gasteiger partial charge in [-0.1, -0.05) is 42.5 Å². The van der Waals surface area contributed by atoms with Gasteiger partial charge in [-0.2, -0.15) is 0 Å². The number of ether oxygens (including phenoxy) is 1. The third-order valence-electron chi connectivity index (χ3n) is 2.70. The maximum atomic E-state index is 10.0. The first-order valence-electron chi connectivity index (χ1n) is 5.69. The quantitative estimate of drug-likeness (QED) is 0.871. The Morgan fingerprint density at radius 2 is 1.65 bits per heavy atom. The summed E-state index contributed by atoms with van der Waals surface area (Å²) in [5.74, 6) is 0.778. The number of aliphatic hydroxyl groups is 1. The summed E-state index contributed by atoms with van der Waals surface area (Å²) >= 11 is 0. The summed E-state index contributed by atoms with van der Waals surface area (Å²) in [5, 5.41) is 10.0. The zero-order chi connectivity index (χ0) is 12.1. The number of aryl methyl sites for hydroxylation is 1. The zero-order valence-corrected chi connectivity index (χ0v) is 9.84. The minimum Gasteiger partial charge on any atom is -0.491 e. The number of para-hydroxylation sites is 1. The van der Waals surface area contributed by atoms with E-state index in [1.807, 2.05) is 61.5 Å². The van der Waals surface area contributed by atoms with Gasteiger partial charge in [-0.15, -0.1) is 0 Å². The average molecular weight is 228 g/mol. The first-order chi connectivity index (χ1) is 8.27. The van der Waals surface area contributed by atoms with Gasteiger partial charge in [0.2, 0.25) is 0 Å². The van der Waals surface area contributed by atoms with Crippen molar-refractivity contribution < 1.29 is 9.84 Å². The summed E-state index contributed by atoms with van der Waals surface area (Å²) in [6, 6.07) is 17.3. The van der Waals surface area contributed by atoms with Gasteiger partial charge >= 0.3 is 0 Å². The van der Waals surface area contributed by atoms with Crippen molar-refractivity contribution in [3.05, 3.63) is 65.7 Å². The van der Waals surface area contributed by atoms with E-state index in [-0.39, 0.29) is 6.61 Å². The van der Waals surface area contributed by atoms with Gasteiger partial charge < -0.3 is 9.84 Å². The molecule has 0 aromatic heterocycles. The molecule has 17 heavy (non-hydrogen) atoms. The molecule has 0 radical (unpaired) electrons. The Labute approximate surface area is 101 Å². The topological polar surface area (TPSA) is 29.5 Å². The Bertz CT molecular complexity index is 465. The van der Waals surface area contributed by atoms with E-state index in [2.05, 4.69) is 0 Å². The van der Waals surface area contributed by atoms with Gasteiger partial charge in [0.05, 0.1) is 0 Å². The molecule has 0 spiro atoms. The molecular formula is C15H16O2. The minimum atomic E-state index is -0.587. The Morgan fingerprint density at radius 3 is 2.35 bits per heavy atom.